The predicted octanol–water partition coefficient (Wildman–Crippen LogP) is 2.01. The molecule has 2 heterocycles. The van der Waals surface area contributed by atoms with E-state index in [0.717, 1.165) is 58.2 Å². The van der Waals surface area contributed by atoms with Crippen LogP contribution in [-0.4, -0.2) is 79.0 Å². The SMILES string of the molecule is CCN1CCN(CC(=O)N2CCCC(Nc3ccc(F)c(F)c3)C2)CC1. The van der Waals surface area contributed by atoms with Gasteiger partial charge in [0, 0.05) is 57.1 Å². The molecule has 2 fully saturated rings. The molecule has 144 valence electrons. The fourth-order valence-corrected chi connectivity index (χ4v) is 3.70. The maximum absolute atomic E-state index is 13.4. The number of likely N-dealkylation sites (N-methyl/N-ethyl adjacent to an activating group) is 1. The van der Waals surface area contributed by atoms with Gasteiger partial charge in [0.25, 0.3) is 0 Å². The smallest absolute Gasteiger partial charge is 0.236 e. The maximum atomic E-state index is 13.4. The predicted molar refractivity (Wildman–Crippen MR) is 98.1 cm³/mol. The third-order valence-corrected chi connectivity index (χ3v) is 5.34. The first-order valence-corrected chi connectivity index (χ1v) is 9.49. The number of carbonyl (C=O) groups is 1. The summed E-state index contributed by atoms with van der Waals surface area (Å²) in [4.78, 5) is 19.2. The van der Waals surface area contributed by atoms with E-state index in [2.05, 4.69) is 22.0 Å². The van der Waals surface area contributed by atoms with Gasteiger partial charge in [-0.25, -0.2) is 8.78 Å². The number of benzene rings is 1. The first kappa shape index (κ1) is 19.0. The van der Waals surface area contributed by atoms with Crippen LogP contribution in [0.1, 0.15) is 19.8 Å². The Morgan fingerprint density at radius 2 is 1.85 bits per heavy atom. The third kappa shape index (κ3) is 4.92. The summed E-state index contributed by atoms with van der Waals surface area (Å²) in [5, 5.41) is 3.23. The molecule has 1 N–H and O–H groups in total. The number of halogens is 2. The monoisotopic (exact) mass is 366 g/mol. The summed E-state index contributed by atoms with van der Waals surface area (Å²) in [6.07, 6.45) is 1.83. The Labute approximate surface area is 153 Å². The van der Waals surface area contributed by atoms with Gasteiger partial charge in [0.05, 0.1) is 6.54 Å². The molecule has 2 aliphatic rings. The molecular weight excluding hydrogens is 338 g/mol. The van der Waals surface area contributed by atoms with E-state index in [1.807, 2.05) is 4.90 Å². The highest BCUT2D eigenvalue weighted by molar-refractivity contribution is 5.78. The van der Waals surface area contributed by atoms with Crippen LogP contribution in [0.3, 0.4) is 0 Å². The van der Waals surface area contributed by atoms with Crippen molar-refractivity contribution in [1.29, 1.82) is 0 Å². The van der Waals surface area contributed by atoms with E-state index in [1.54, 1.807) is 0 Å². The fraction of sp³-hybridized carbons (Fsp3) is 0.632. The average molecular weight is 366 g/mol. The van der Waals surface area contributed by atoms with Gasteiger partial charge in [0.1, 0.15) is 0 Å². The number of likely N-dealkylation sites (tertiary alicyclic amines) is 1. The van der Waals surface area contributed by atoms with Gasteiger partial charge in [0.2, 0.25) is 5.91 Å². The van der Waals surface area contributed by atoms with Crippen molar-refractivity contribution < 1.29 is 13.6 Å². The quantitative estimate of drug-likeness (QED) is 0.865. The number of anilines is 1. The number of carbonyl (C=O) groups excluding carboxylic acids is 1. The molecule has 5 nitrogen and oxygen atoms in total. The molecule has 1 atom stereocenters. The lowest BCUT2D eigenvalue weighted by molar-refractivity contribution is -0.133. The Morgan fingerprint density at radius 1 is 1.12 bits per heavy atom. The Bertz CT molecular complexity index is 620. The van der Waals surface area contributed by atoms with Crippen LogP contribution < -0.4 is 5.32 Å². The Morgan fingerprint density at radius 3 is 2.54 bits per heavy atom. The van der Waals surface area contributed by atoms with Crippen LogP contribution in [-0.2, 0) is 4.79 Å². The van der Waals surface area contributed by atoms with Gasteiger partial charge in [-0.05, 0) is 31.5 Å². The van der Waals surface area contributed by atoms with Crippen molar-refractivity contribution in [3.8, 4) is 0 Å². The fourth-order valence-electron chi connectivity index (χ4n) is 3.70. The first-order chi connectivity index (χ1) is 12.5. The third-order valence-electron chi connectivity index (χ3n) is 5.34. The van der Waals surface area contributed by atoms with Crippen LogP contribution in [0.4, 0.5) is 14.5 Å². The first-order valence-electron chi connectivity index (χ1n) is 9.49. The Hall–Kier alpha value is -1.73. The van der Waals surface area contributed by atoms with Crippen LogP contribution in [0, 0.1) is 11.6 Å². The second-order valence-corrected chi connectivity index (χ2v) is 7.16. The average Bonchev–Trinajstić information content (AvgIpc) is 2.65. The molecule has 1 aromatic carbocycles. The summed E-state index contributed by atoms with van der Waals surface area (Å²) in [5.74, 6) is -1.55. The lowest BCUT2D eigenvalue weighted by Gasteiger charge is -2.37. The van der Waals surface area contributed by atoms with Crippen LogP contribution in [0.25, 0.3) is 0 Å². The van der Waals surface area contributed by atoms with Gasteiger partial charge in [-0.15, -0.1) is 0 Å². The molecule has 1 aromatic rings. The molecule has 2 aliphatic heterocycles. The molecule has 26 heavy (non-hydrogen) atoms. The molecule has 1 amide bonds. The van der Waals surface area contributed by atoms with E-state index in [9.17, 15) is 13.6 Å². The van der Waals surface area contributed by atoms with Crippen LogP contribution in [0.2, 0.25) is 0 Å². The molecule has 0 aromatic heterocycles. The number of rotatable bonds is 5. The zero-order chi connectivity index (χ0) is 18.5. The van der Waals surface area contributed by atoms with Crippen molar-refractivity contribution in [3.63, 3.8) is 0 Å². The number of hydrogen-bond donors (Lipinski definition) is 1. The van der Waals surface area contributed by atoms with Gasteiger partial charge in [-0.2, -0.15) is 0 Å². The molecule has 0 spiro atoms. The molecule has 1 unspecified atom stereocenters. The standard InChI is InChI=1S/C19H28F2N4O/c1-2-23-8-10-24(11-9-23)14-19(26)25-7-3-4-16(13-25)22-15-5-6-17(20)18(21)12-15/h5-6,12,16,22H,2-4,7-11,13-14H2,1H3. The summed E-state index contributed by atoms with van der Waals surface area (Å²) < 4.78 is 26.4. The van der Waals surface area contributed by atoms with Crippen molar-refractivity contribution in [2.75, 3.05) is 57.7 Å². The number of piperidine rings is 1. The van der Waals surface area contributed by atoms with E-state index in [1.165, 1.54) is 12.1 Å². The lowest BCUT2D eigenvalue weighted by atomic mass is 10.0. The lowest BCUT2D eigenvalue weighted by Crippen LogP contribution is -2.52. The second-order valence-electron chi connectivity index (χ2n) is 7.16. The molecule has 0 saturated carbocycles. The highest BCUT2D eigenvalue weighted by atomic mass is 19.2. The molecule has 3 rings (SSSR count). The number of hydrogen-bond acceptors (Lipinski definition) is 4. The molecule has 7 heteroatoms. The van der Waals surface area contributed by atoms with Crippen molar-refractivity contribution in [1.82, 2.24) is 14.7 Å². The van der Waals surface area contributed by atoms with Gasteiger partial charge < -0.3 is 15.1 Å². The van der Waals surface area contributed by atoms with E-state index in [-0.39, 0.29) is 11.9 Å². The van der Waals surface area contributed by atoms with E-state index >= 15 is 0 Å². The topological polar surface area (TPSA) is 38.8 Å². The second kappa shape index (κ2) is 8.77. The highest BCUT2D eigenvalue weighted by Gasteiger charge is 2.26. The zero-order valence-corrected chi connectivity index (χ0v) is 15.4. The normalized spacial score (nSPS) is 22.4. The van der Waals surface area contributed by atoms with E-state index < -0.39 is 11.6 Å². The minimum Gasteiger partial charge on any atom is -0.380 e. The minimum absolute atomic E-state index is 0.0644. The van der Waals surface area contributed by atoms with Crippen molar-refractivity contribution >= 4 is 11.6 Å². The number of piperazine rings is 1. The van der Waals surface area contributed by atoms with Crippen molar-refractivity contribution in [2.24, 2.45) is 0 Å². The summed E-state index contributed by atoms with van der Waals surface area (Å²) in [6.45, 7) is 8.97. The summed E-state index contributed by atoms with van der Waals surface area (Å²) in [5.41, 5.74) is 0.555. The van der Waals surface area contributed by atoms with Gasteiger partial charge >= 0.3 is 0 Å². The molecule has 0 aliphatic carbocycles. The van der Waals surface area contributed by atoms with Crippen LogP contribution in [0.5, 0.6) is 0 Å². The van der Waals surface area contributed by atoms with Crippen molar-refractivity contribution in [2.45, 2.75) is 25.8 Å². The van der Waals surface area contributed by atoms with E-state index in [0.29, 0.717) is 18.8 Å². The highest BCUT2D eigenvalue weighted by Crippen LogP contribution is 2.19. The summed E-state index contributed by atoms with van der Waals surface area (Å²) in [6, 6.07) is 3.89. The maximum Gasteiger partial charge on any atom is 0.236 e. The molecular formula is C19H28F2N4O. The Balaban J connectivity index is 1.49. The van der Waals surface area contributed by atoms with Gasteiger partial charge in [-0.1, -0.05) is 6.92 Å². The van der Waals surface area contributed by atoms with E-state index in [4.69, 9.17) is 0 Å². The minimum atomic E-state index is -0.857. The zero-order valence-electron chi connectivity index (χ0n) is 15.4. The number of nitrogens with one attached hydrogen (secondary N) is 1. The van der Waals surface area contributed by atoms with Gasteiger partial charge in [-0.3, -0.25) is 9.69 Å². The number of nitrogens with zero attached hydrogens (tertiary/aromatic N) is 3. The largest absolute Gasteiger partial charge is 0.380 e. The summed E-state index contributed by atoms with van der Waals surface area (Å²) in [7, 11) is 0. The molecule has 0 bridgehead atoms. The molecule has 0 radical (unpaired) electrons. The number of amides is 1. The Kier molecular flexibility index (Phi) is 6.43. The van der Waals surface area contributed by atoms with Crippen molar-refractivity contribution in [3.05, 3.63) is 29.8 Å². The van der Waals surface area contributed by atoms with Crippen LogP contribution in [0.15, 0.2) is 18.2 Å². The summed E-state index contributed by atoms with van der Waals surface area (Å²) >= 11 is 0. The molecule has 2 saturated heterocycles. The van der Waals surface area contributed by atoms with Crippen LogP contribution >= 0.6 is 0 Å². The van der Waals surface area contributed by atoms with Gasteiger partial charge in [0.15, 0.2) is 11.6 Å².